The molecule has 0 aliphatic rings. The summed E-state index contributed by atoms with van der Waals surface area (Å²) in [7, 11) is 3.86. The molecule has 0 saturated carbocycles. The van der Waals surface area contributed by atoms with Gasteiger partial charge in [-0.05, 0) is 30.9 Å². The molecule has 0 aliphatic carbocycles. The van der Waals surface area contributed by atoms with Crippen LogP contribution in [0.2, 0.25) is 0 Å². The largest absolute Gasteiger partial charge is 0.397 e. The third-order valence-electron chi connectivity index (χ3n) is 2.97. The van der Waals surface area contributed by atoms with E-state index < -0.39 is 0 Å². The SMILES string of the molecule is CCC(CSC)NC(=O)c1ccc(N(C)C)c(N)c1. The van der Waals surface area contributed by atoms with Gasteiger partial charge in [0.2, 0.25) is 0 Å². The molecule has 1 unspecified atom stereocenters. The van der Waals surface area contributed by atoms with Gasteiger partial charge in [0.05, 0.1) is 11.4 Å². The number of hydrogen-bond donors (Lipinski definition) is 2. The van der Waals surface area contributed by atoms with E-state index in [0.29, 0.717) is 11.3 Å². The minimum atomic E-state index is -0.0575. The summed E-state index contributed by atoms with van der Waals surface area (Å²) in [6.07, 6.45) is 2.97. The summed E-state index contributed by atoms with van der Waals surface area (Å²) in [5.41, 5.74) is 8.11. The predicted molar refractivity (Wildman–Crippen MR) is 85.1 cm³/mol. The molecule has 1 amide bonds. The Morgan fingerprint density at radius 2 is 2.16 bits per heavy atom. The van der Waals surface area contributed by atoms with Crippen LogP contribution < -0.4 is 16.0 Å². The molecule has 5 heteroatoms. The molecule has 3 N–H and O–H groups in total. The van der Waals surface area contributed by atoms with Crippen molar-refractivity contribution in [3.63, 3.8) is 0 Å². The van der Waals surface area contributed by atoms with Crippen molar-refractivity contribution in [3.05, 3.63) is 23.8 Å². The second-order valence-electron chi connectivity index (χ2n) is 4.70. The van der Waals surface area contributed by atoms with Crippen LogP contribution in [-0.2, 0) is 0 Å². The third-order valence-corrected chi connectivity index (χ3v) is 3.70. The number of rotatable bonds is 6. The van der Waals surface area contributed by atoms with E-state index >= 15 is 0 Å². The molecule has 1 aromatic rings. The Kier molecular flexibility index (Phi) is 6.02. The molecule has 1 atom stereocenters. The first-order valence-corrected chi connectivity index (χ1v) is 7.75. The molecule has 0 spiro atoms. The zero-order valence-electron chi connectivity index (χ0n) is 12.1. The van der Waals surface area contributed by atoms with Crippen molar-refractivity contribution in [2.45, 2.75) is 19.4 Å². The van der Waals surface area contributed by atoms with Crippen molar-refractivity contribution in [1.29, 1.82) is 0 Å². The number of amides is 1. The number of benzene rings is 1. The van der Waals surface area contributed by atoms with Crippen LogP contribution in [0.15, 0.2) is 18.2 Å². The summed E-state index contributed by atoms with van der Waals surface area (Å²) < 4.78 is 0. The highest BCUT2D eigenvalue weighted by Gasteiger charge is 2.13. The van der Waals surface area contributed by atoms with Crippen LogP contribution >= 0.6 is 11.8 Å². The lowest BCUT2D eigenvalue weighted by molar-refractivity contribution is 0.0940. The highest BCUT2D eigenvalue weighted by molar-refractivity contribution is 7.98. The first kappa shape index (κ1) is 15.7. The Balaban J connectivity index is 2.80. The maximum absolute atomic E-state index is 12.1. The lowest BCUT2D eigenvalue weighted by atomic mass is 10.1. The van der Waals surface area contributed by atoms with Crippen LogP contribution in [0.3, 0.4) is 0 Å². The monoisotopic (exact) mass is 281 g/mol. The minimum Gasteiger partial charge on any atom is -0.397 e. The summed E-state index contributed by atoms with van der Waals surface area (Å²) >= 11 is 1.73. The summed E-state index contributed by atoms with van der Waals surface area (Å²) in [6, 6.07) is 5.63. The van der Waals surface area contributed by atoms with Gasteiger partial charge < -0.3 is 16.0 Å². The van der Waals surface area contributed by atoms with Crippen molar-refractivity contribution in [3.8, 4) is 0 Å². The topological polar surface area (TPSA) is 58.4 Å². The van der Waals surface area contributed by atoms with Crippen LogP contribution in [0.1, 0.15) is 23.7 Å². The molecule has 1 rings (SSSR count). The van der Waals surface area contributed by atoms with Crippen molar-refractivity contribution in [2.75, 3.05) is 36.7 Å². The Morgan fingerprint density at radius 1 is 1.47 bits per heavy atom. The minimum absolute atomic E-state index is 0.0575. The first-order valence-electron chi connectivity index (χ1n) is 6.36. The van der Waals surface area contributed by atoms with Crippen LogP contribution in [0.25, 0.3) is 0 Å². The molecule has 19 heavy (non-hydrogen) atoms. The van der Waals surface area contributed by atoms with E-state index in [0.717, 1.165) is 17.9 Å². The number of hydrogen-bond acceptors (Lipinski definition) is 4. The van der Waals surface area contributed by atoms with Gasteiger partial charge in [0.25, 0.3) is 5.91 Å². The molecule has 106 valence electrons. The second-order valence-corrected chi connectivity index (χ2v) is 5.61. The molecule has 0 aliphatic heterocycles. The molecule has 0 bridgehead atoms. The van der Waals surface area contributed by atoms with Gasteiger partial charge in [-0.3, -0.25) is 4.79 Å². The Bertz CT molecular complexity index is 435. The van der Waals surface area contributed by atoms with Gasteiger partial charge >= 0.3 is 0 Å². The number of nitrogens with one attached hydrogen (secondary N) is 1. The standard InChI is InChI=1S/C14H23N3OS/c1-5-11(9-19-4)16-14(18)10-6-7-13(17(2)3)12(15)8-10/h6-8,11H,5,9,15H2,1-4H3,(H,16,18). The fraction of sp³-hybridized carbons (Fsp3) is 0.500. The van der Waals surface area contributed by atoms with E-state index in [-0.39, 0.29) is 11.9 Å². The predicted octanol–water partition coefficient (Wildman–Crippen LogP) is 2.21. The summed E-state index contributed by atoms with van der Waals surface area (Å²) in [4.78, 5) is 14.1. The zero-order chi connectivity index (χ0) is 14.4. The molecule has 0 heterocycles. The number of carbonyl (C=O) groups is 1. The maximum Gasteiger partial charge on any atom is 0.251 e. The fourth-order valence-electron chi connectivity index (χ4n) is 1.83. The Hall–Kier alpha value is -1.36. The van der Waals surface area contributed by atoms with Crippen molar-refractivity contribution < 1.29 is 4.79 Å². The van der Waals surface area contributed by atoms with Gasteiger partial charge in [-0.15, -0.1) is 0 Å². The summed E-state index contributed by atoms with van der Waals surface area (Å²) in [6.45, 7) is 2.07. The van der Waals surface area contributed by atoms with Gasteiger partial charge in [0.15, 0.2) is 0 Å². The van der Waals surface area contributed by atoms with Gasteiger partial charge in [-0.25, -0.2) is 0 Å². The number of nitrogen functional groups attached to an aromatic ring is 1. The Morgan fingerprint density at radius 3 is 2.63 bits per heavy atom. The van der Waals surface area contributed by atoms with Gasteiger partial charge in [0, 0.05) is 31.5 Å². The molecule has 1 aromatic carbocycles. The summed E-state index contributed by atoms with van der Waals surface area (Å²) in [5, 5.41) is 3.03. The molecule has 0 saturated heterocycles. The van der Waals surface area contributed by atoms with E-state index in [4.69, 9.17) is 5.73 Å². The van der Waals surface area contributed by atoms with Crippen molar-refractivity contribution >= 4 is 29.0 Å². The average Bonchev–Trinajstić information content (AvgIpc) is 2.37. The van der Waals surface area contributed by atoms with Gasteiger partial charge in [0.1, 0.15) is 0 Å². The smallest absolute Gasteiger partial charge is 0.251 e. The van der Waals surface area contributed by atoms with E-state index in [1.165, 1.54) is 0 Å². The van der Waals surface area contributed by atoms with E-state index in [1.807, 2.05) is 37.4 Å². The van der Waals surface area contributed by atoms with Crippen LogP contribution in [0.4, 0.5) is 11.4 Å². The van der Waals surface area contributed by atoms with Gasteiger partial charge in [-0.2, -0.15) is 11.8 Å². The van der Waals surface area contributed by atoms with Crippen LogP contribution in [0.5, 0.6) is 0 Å². The quantitative estimate of drug-likeness (QED) is 0.785. The lowest BCUT2D eigenvalue weighted by Crippen LogP contribution is -2.36. The van der Waals surface area contributed by atoms with E-state index in [1.54, 1.807) is 17.8 Å². The third kappa shape index (κ3) is 4.35. The van der Waals surface area contributed by atoms with Crippen molar-refractivity contribution in [2.24, 2.45) is 0 Å². The number of carbonyl (C=O) groups excluding carboxylic acids is 1. The molecular weight excluding hydrogens is 258 g/mol. The molecular formula is C14H23N3OS. The molecule has 0 aromatic heterocycles. The van der Waals surface area contributed by atoms with Crippen molar-refractivity contribution in [1.82, 2.24) is 5.32 Å². The molecule has 0 radical (unpaired) electrons. The normalized spacial score (nSPS) is 12.0. The van der Waals surface area contributed by atoms with E-state index in [9.17, 15) is 4.79 Å². The average molecular weight is 281 g/mol. The number of nitrogens with zero attached hydrogens (tertiary/aromatic N) is 1. The lowest BCUT2D eigenvalue weighted by Gasteiger charge is -2.18. The highest BCUT2D eigenvalue weighted by Crippen LogP contribution is 2.22. The highest BCUT2D eigenvalue weighted by atomic mass is 32.2. The second kappa shape index (κ2) is 7.28. The number of nitrogens with two attached hydrogens (primary N) is 1. The van der Waals surface area contributed by atoms with Crippen LogP contribution in [0, 0.1) is 0 Å². The van der Waals surface area contributed by atoms with Gasteiger partial charge in [-0.1, -0.05) is 6.92 Å². The molecule has 0 fully saturated rings. The van der Waals surface area contributed by atoms with E-state index in [2.05, 4.69) is 12.2 Å². The Labute approximate surface area is 119 Å². The first-order chi connectivity index (χ1) is 8.99. The number of anilines is 2. The summed E-state index contributed by atoms with van der Waals surface area (Å²) in [5.74, 6) is 0.867. The number of thioether (sulfide) groups is 1. The van der Waals surface area contributed by atoms with Crippen LogP contribution in [-0.4, -0.2) is 38.1 Å². The molecule has 4 nitrogen and oxygen atoms in total. The maximum atomic E-state index is 12.1. The zero-order valence-corrected chi connectivity index (χ0v) is 12.9. The fourth-order valence-corrected chi connectivity index (χ4v) is 2.56.